The second-order valence-corrected chi connectivity index (χ2v) is 6.03. The van der Waals surface area contributed by atoms with Crippen molar-refractivity contribution in [1.29, 1.82) is 0 Å². The minimum atomic E-state index is -1.08. The van der Waals surface area contributed by atoms with Crippen molar-refractivity contribution in [1.82, 2.24) is 10.2 Å². The zero-order valence-electron chi connectivity index (χ0n) is 11.9. The summed E-state index contributed by atoms with van der Waals surface area (Å²) in [6, 6.07) is 5.34. The number of aryl methyl sites for hydroxylation is 1. The van der Waals surface area contributed by atoms with Crippen LogP contribution in [0.2, 0.25) is 0 Å². The van der Waals surface area contributed by atoms with Gasteiger partial charge >= 0.3 is 5.97 Å². The summed E-state index contributed by atoms with van der Waals surface area (Å²) in [5.74, 6) is -0.0436. The molecule has 1 aromatic heterocycles. The molecule has 116 valence electrons. The van der Waals surface area contributed by atoms with Crippen molar-refractivity contribution in [3.05, 3.63) is 39.0 Å². The van der Waals surface area contributed by atoms with E-state index < -0.39 is 5.97 Å². The van der Waals surface area contributed by atoms with Gasteiger partial charge in [-0.25, -0.2) is 4.79 Å². The summed E-state index contributed by atoms with van der Waals surface area (Å²) < 4.78 is 11.4. The number of nitrogens with zero attached hydrogens (tertiary/aromatic N) is 2. The van der Waals surface area contributed by atoms with Crippen molar-refractivity contribution in [3.63, 3.8) is 0 Å². The molecule has 1 N–H and O–H groups in total. The number of methoxy groups -OCH3 is 1. The first kappa shape index (κ1) is 16.6. The van der Waals surface area contributed by atoms with Gasteiger partial charge in [-0.05, 0) is 36.0 Å². The van der Waals surface area contributed by atoms with E-state index in [-0.39, 0.29) is 10.1 Å². The van der Waals surface area contributed by atoms with E-state index in [0.29, 0.717) is 23.6 Å². The second-order valence-electron chi connectivity index (χ2n) is 4.12. The van der Waals surface area contributed by atoms with Crippen LogP contribution < -0.4 is 4.74 Å². The van der Waals surface area contributed by atoms with Crippen LogP contribution in [0.4, 0.5) is 0 Å². The van der Waals surface area contributed by atoms with Gasteiger partial charge in [-0.15, -0.1) is 10.2 Å². The number of hydrogen-bond acceptors (Lipinski definition) is 6. The highest BCUT2D eigenvalue weighted by molar-refractivity contribution is 9.10. The maximum absolute atomic E-state index is 11.4. The smallest absolute Gasteiger partial charge is 0.342 e. The van der Waals surface area contributed by atoms with Crippen molar-refractivity contribution >= 4 is 39.7 Å². The summed E-state index contributed by atoms with van der Waals surface area (Å²) in [4.78, 5) is 11.5. The van der Waals surface area contributed by atoms with Crippen LogP contribution in [0.15, 0.2) is 37.2 Å². The molecule has 2 rings (SSSR count). The number of rotatable bonds is 6. The van der Waals surface area contributed by atoms with Crippen LogP contribution in [0, 0.1) is 0 Å². The van der Waals surface area contributed by atoms with Gasteiger partial charge in [-0.3, -0.25) is 0 Å². The number of carboxylic acids is 1. The molecule has 0 spiro atoms. The Morgan fingerprint density at radius 2 is 2.27 bits per heavy atom. The van der Waals surface area contributed by atoms with E-state index in [1.807, 2.05) is 13.0 Å². The molecule has 0 amide bonds. The molecule has 6 nitrogen and oxygen atoms in total. The lowest BCUT2D eigenvalue weighted by atomic mass is 10.2. The fraction of sp³-hybridized carbons (Fsp3) is 0.214. The molecular weight excluding hydrogens is 372 g/mol. The van der Waals surface area contributed by atoms with E-state index in [9.17, 15) is 9.90 Å². The number of carboxylic acid groups (broad SMARTS) is 1. The molecule has 0 saturated carbocycles. The normalized spacial score (nSPS) is 11.5. The summed E-state index contributed by atoms with van der Waals surface area (Å²) in [5.41, 5.74) is 0.636. The molecule has 0 saturated heterocycles. The molecule has 1 aromatic carbocycles. The van der Waals surface area contributed by atoms with Crippen molar-refractivity contribution in [3.8, 4) is 5.75 Å². The lowest BCUT2D eigenvalue weighted by Crippen LogP contribution is -1.97. The number of aliphatic carboxylic acids is 1. The number of thioether (sulfide) groups is 1. The van der Waals surface area contributed by atoms with Crippen LogP contribution in [-0.4, -0.2) is 28.4 Å². The van der Waals surface area contributed by atoms with Gasteiger partial charge in [0.15, 0.2) is 0 Å². The Morgan fingerprint density at radius 3 is 2.86 bits per heavy atom. The van der Waals surface area contributed by atoms with Crippen molar-refractivity contribution in [2.24, 2.45) is 0 Å². The van der Waals surface area contributed by atoms with E-state index >= 15 is 0 Å². The van der Waals surface area contributed by atoms with Crippen LogP contribution in [-0.2, 0) is 11.2 Å². The minimum absolute atomic E-state index is 0.0581. The minimum Gasteiger partial charge on any atom is -0.496 e. The average Bonchev–Trinajstić information content (AvgIpc) is 2.94. The first-order valence-electron chi connectivity index (χ1n) is 6.32. The molecule has 2 aromatic rings. The molecule has 8 heteroatoms. The van der Waals surface area contributed by atoms with Crippen LogP contribution in [0.3, 0.4) is 0 Å². The summed E-state index contributed by atoms with van der Waals surface area (Å²) in [5, 5.41) is 17.2. The van der Waals surface area contributed by atoms with Gasteiger partial charge < -0.3 is 14.3 Å². The maximum atomic E-state index is 11.4. The zero-order valence-corrected chi connectivity index (χ0v) is 14.3. The molecule has 0 unspecified atom stereocenters. The molecule has 22 heavy (non-hydrogen) atoms. The number of aromatic nitrogens is 2. The Morgan fingerprint density at radius 1 is 1.50 bits per heavy atom. The Labute approximate surface area is 139 Å². The summed E-state index contributed by atoms with van der Waals surface area (Å²) >= 11 is 4.26. The van der Waals surface area contributed by atoms with E-state index in [2.05, 4.69) is 26.1 Å². The fourth-order valence-corrected chi connectivity index (χ4v) is 2.67. The first-order chi connectivity index (χ1) is 10.5. The second kappa shape index (κ2) is 7.46. The molecule has 0 aliphatic rings. The van der Waals surface area contributed by atoms with E-state index in [0.717, 1.165) is 16.2 Å². The molecular formula is C14H13BrN2O4S. The van der Waals surface area contributed by atoms with Gasteiger partial charge in [0.1, 0.15) is 10.7 Å². The molecule has 0 aliphatic heterocycles. The predicted octanol–water partition coefficient (Wildman–Crippen LogP) is 3.62. The lowest BCUT2D eigenvalue weighted by molar-refractivity contribution is -0.131. The van der Waals surface area contributed by atoms with Gasteiger partial charge in [0.25, 0.3) is 5.22 Å². The SMILES string of the molecule is CCc1nnc(S/C(=C\c2cc(Br)ccc2OC)C(=O)O)o1. The van der Waals surface area contributed by atoms with Gasteiger partial charge in [-0.1, -0.05) is 22.9 Å². The highest BCUT2D eigenvalue weighted by Crippen LogP contribution is 2.31. The van der Waals surface area contributed by atoms with E-state index in [1.165, 1.54) is 13.2 Å². The van der Waals surface area contributed by atoms with E-state index in [4.69, 9.17) is 9.15 Å². The quantitative estimate of drug-likeness (QED) is 0.600. The summed E-state index contributed by atoms with van der Waals surface area (Å²) in [7, 11) is 1.53. The van der Waals surface area contributed by atoms with Crippen molar-refractivity contribution in [2.75, 3.05) is 7.11 Å². The van der Waals surface area contributed by atoms with Gasteiger partial charge in [0, 0.05) is 16.5 Å². The number of hydrogen-bond donors (Lipinski definition) is 1. The predicted molar refractivity (Wildman–Crippen MR) is 85.8 cm³/mol. The van der Waals surface area contributed by atoms with Gasteiger partial charge in [0.2, 0.25) is 5.89 Å². The number of carbonyl (C=O) groups is 1. The molecule has 0 atom stereocenters. The Hall–Kier alpha value is -1.80. The van der Waals surface area contributed by atoms with Crippen LogP contribution in [0.5, 0.6) is 5.75 Å². The topological polar surface area (TPSA) is 85.5 Å². The molecule has 0 bridgehead atoms. The molecule has 0 radical (unpaired) electrons. The lowest BCUT2D eigenvalue weighted by Gasteiger charge is -2.06. The van der Waals surface area contributed by atoms with Crippen LogP contribution in [0.25, 0.3) is 6.08 Å². The van der Waals surface area contributed by atoms with Gasteiger partial charge in [0.05, 0.1) is 7.11 Å². The number of ether oxygens (including phenoxy) is 1. The summed E-state index contributed by atoms with van der Waals surface area (Å²) in [6.07, 6.45) is 2.10. The first-order valence-corrected chi connectivity index (χ1v) is 7.93. The summed E-state index contributed by atoms with van der Waals surface area (Å²) in [6.45, 7) is 1.88. The fourth-order valence-electron chi connectivity index (χ4n) is 1.61. The third-order valence-electron chi connectivity index (χ3n) is 2.64. The Bertz CT molecular complexity index is 715. The Balaban J connectivity index is 2.35. The van der Waals surface area contributed by atoms with Crippen LogP contribution in [0.1, 0.15) is 18.4 Å². The highest BCUT2D eigenvalue weighted by Gasteiger charge is 2.16. The maximum Gasteiger partial charge on any atom is 0.342 e. The van der Waals surface area contributed by atoms with Crippen molar-refractivity contribution < 1.29 is 19.1 Å². The third kappa shape index (κ3) is 4.11. The zero-order chi connectivity index (χ0) is 16.1. The van der Waals surface area contributed by atoms with E-state index in [1.54, 1.807) is 12.1 Å². The largest absolute Gasteiger partial charge is 0.496 e. The van der Waals surface area contributed by atoms with Crippen LogP contribution >= 0.6 is 27.7 Å². The third-order valence-corrected chi connectivity index (χ3v) is 3.98. The molecule has 1 heterocycles. The van der Waals surface area contributed by atoms with Crippen molar-refractivity contribution in [2.45, 2.75) is 18.6 Å². The van der Waals surface area contributed by atoms with Gasteiger partial charge in [-0.2, -0.15) is 0 Å². The molecule has 0 aliphatic carbocycles. The standard InChI is InChI=1S/C14H13BrN2O4S/c1-3-12-16-17-14(21-12)22-11(13(18)19)7-8-6-9(15)4-5-10(8)20-2/h4-7H,3H2,1-2H3,(H,18,19)/b11-7-. The average molecular weight is 385 g/mol. The highest BCUT2D eigenvalue weighted by atomic mass is 79.9. The molecule has 0 fully saturated rings. The number of halogens is 1. The Kier molecular flexibility index (Phi) is 5.62. The number of benzene rings is 1. The monoisotopic (exact) mass is 384 g/mol.